The Balaban J connectivity index is 1.40. The number of ether oxygens (including phenoxy) is 1. The van der Waals surface area contributed by atoms with Crippen molar-refractivity contribution in [1.82, 2.24) is 14.8 Å². The van der Waals surface area contributed by atoms with Crippen LogP contribution in [0.2, 0.25) is 0 Å². The number of para-hydroxylation sites is 2. The predicted molar refractivity (Wildman–Crippen MR) is 143 cm³/mol. The number of imide groups is 2. The second-order valence-electron chi connectivity index (χ2n) is 9.28. The highest BCUT2D eigenvalue weighted by Gasteiger charge is 2.36. The van der Waals surface area contributed by atoms with Gasteiger partial charge in [-0.05, 0) is 48.2 Å². The van der Waals surface area contributed by atoms with Gasteiger partial charge in [-0.1, -0.05) is 50.2 Å². The van der Waals surface area contributed by atoms with Gasteiger partial charge in [-0.15, -0.1) is 0 Å². The number of benzene rings is 2. The molecule has 5 rings (SSSR count). The van der Waals surface area contributed by atoms with Gasteiger partial charge in [0.05, 0.1) is 19.4 Å². The average molecular weight is 512 g/mol. The van der Waals surface area contributed by atoms with E-state index in [9.17, 15) is 14.4 Å². The smallest absolute Gasteiger partial charge is 0.331 e. The fourth-order valence-corrected chi connectivity index (χ4v) is 4.62. The fourth-order valence-electron chi connectivity index (χ4n) is 4.62. The molecule has 1 fully saturated rings. The Labute approximate surface area is 220 Å². The molecular formula is C30H29N3O5. The van der Waals surface area contributed by atoms with Crippen molar-refractivity contribution in [2.24, 2.45) is 0 Å². The van der Waals surface area contributed by atoms with Gasteiger partial charge in [0.2, 0.25) is 0 Å². The van der Waals surface area contributed by atoms with Crippen molar-refractivity contribution in [3.05, 3.63) is 95.6 Å². The zero-order chi connectivity index (χ0) is 26.6. The van der Waals surface area contributed by atoms with Gasteiger partial charge in [-0.2, -0.15) is 0 Å². The molecular weight excluding hydrogens is 482 g/mol. The Kier molecular flexibility index (Phi) is 7.13. The van der Waals surface area contributed by atoms with Crippen molar-refractivity contribution in [3.63, 3.8) is 0 Å². The van der Waals surface area contributed by atoms with Crippen LogP contribution in [0.25, 0.3) is 17.0 Å². The van der Waals surface area contributed by atoms with E-state index in [2.05, 4.69) is 25.2 Å². The number of carbonyl (C=O) groups excluding carboxylic acids is 3. The van der Waals surface area contributed by atoms with Crippen molar-refractivity contribution in [3.8, 4) is 5.75 Å². The van der Waals surface area contributed by atoms with Crippen LogP contribution in [-0.4, -0.2) is 33.9 Å². The molecule has 4 aromatic rings. The molecule has 38 heavy (non-hydrogen) atoms. The summed E-state index contributed by atoms with van der Waals surface area (Å²) in [6.45, 7) is 5.30. The lowest BCUT2D eigenvalue weighted by Crippen LogP contribution is -2.53. The SMILES string of the molecule is CC[C@@H](C)c1ccccc1OCCn1cc(/C=C2\C(=O)NC(=O)N(Cc3ccco3)C2=O)c2ccccc21. The van der Waals surface area contributed by atoms with Crippen molar-refractivity contribution >= 4 is 34.8 Å². The molecule has 194 valence electrons. The summed E-state index contributed by atoms with van der Waals surface area (Å²) in [5.74, 6) is 0.324. The van der Waals surface area contributed by atoms with Crippen molar-refractivity contribution in [2.75, 3.05) is 6.61 Å². The number of hydrogen-bond acceptors (Lipinski definition) is 5. The Bertz CT molecular complexity index is 1520. The summed E-state index contributed by atoms with van der Waals surface area (Å²) in [6, 6.07) is 18.4. The van der Waals surface area contributed by atoms with Crippen LogP contribution in [0.4, 0.5) is 4.79 Å². The molecule has 0 aliphatic carbocycles. The molecule has 0 unspecified atom stereocenters. The van der Waals surface area contributed by atoms with E-state index >= 15 is 0 Å². The van der Waals surface area contributed by atoms with Crippen LogP contribution in [0.1, 0.15) is 43.1 Å². The number of furan rings is 1. The second-order valence-corrected chi connectivity index (χ2v) is 9.28. The lowest BCUT2D eigenvalue weighted by Gasteiger charge is -2.25. The van der Waals surface area contributed by atoms with E-state index in [-0.39, 0.29) is 12.1 Å². The molecule has 1 N–H and O–H groups in total. The summed E-state index contributed by atoms with van der Waals surface area (Å²) in [6.07, 6.45) is 5.93. The van der Waals surface area contributed by atoms with E-state index in [4.69, 9.17) is 9.15 Å². The highest BCUT2D eigenvalue weighted by Crippen LogP contribution is 2.29. The number of urea groups is 1. The molecule has 1 atom stereocenters. The number of nitrogens with one attached hydrogen (secondary N) is 1. The van der Waals surface area contributed by atoms with Gasteiger partial charge >= 0.3 is 6.03 Å². The van der Waals surface area contributed by atoms with Crippen molar-refractivity contribution in [1.29, 1.82) is 0 Å². The third-order valence-corrected chi connectivity index (χ3v) is 6.85. The average Bonchev–Trinajstić information content (AvgIpc) is 3.57. The predicted octanol–water partition coefficient (Wildman–Crippen LogP) is 5.49. The van der Waals surface area contributed by atoms with Gasteiger partial charge in [0.1, 0.15) is 23.7 Å². The van der Waals surface area contributed by atoms with E-state index in [1.807, 2.05) is 53.2 Å². The molecule has 3 heterocycles. The van der Waals surface area contributed by atoms with Gasteiger partial charge in [0, 0.05) is 22.7 Å². The highest BCUT2D eigenvalue weighted by molar-refractivity contribution is 6.31. The molecule has 4 amide bonds. The van der Waals surface area contributed by atoms with Gasteiger partial charge in [0.15, 0.2) is 0 Å². The quantitative estimate of drug-likeness (QED) is 0.237. The first-order chi connectivity index (χ1) is 18.5. The maximum Gasteiger partial charge on any atom is 0.331 e. The summed E-state index contributed by atoms with van der Waals surface area (Å²) in [4.78, 5) is 39.1. The third-order valence-electron chi connectivity index (χ3n) is 6.85. The summed E-state index contributed by atoms with van der Waals surface area (Å²) < 4.78 is 13.5. The lowest BCUT2D eigenvalue weighted by atomic mass is 9.98. The van der Waals surface area contributed by atoms with E-state index in [0.29, 0.717) is 30.4 Å². The molecule has 0 saturated carbocycles. The number of nitrogens with zero attached hydrogens (tertiary/aromatic N) is 2. The Morgan fingerprint density at radius 3 is 2.61 bits per heavy atom. The monoisotopic (exact) mass is 511 g/mol. The first kappa shape index (κ1) is 25.1. The molecule has 2 aromatic heterocycles. The van der Waals surface area contributed by atoms with Crippen LogP contribution in [0.3, 0.4) is 0 Å². The van der Waals surface area contributed by atoms with Crippen molar-refractivity contribution in [2.45, 2.75) is 39.3 Å². The number of rotatable bonds is 9. The Morgan fingerprint density at radius 2 is 1.82 bits per heavy atom. The van der Waals surface area contributed by atoms with Crippen LogP contribution < -0.4 is 10.1 Å². The van der Waals surface area contributed by atoms with E-state index in [0.717, 1.165) is 28.0 Å². The van der Waals surface area contributed by atoms with Crippen molar-refractivity contribution < 1.29 is 23.5 Å². The minimum atomic E-state index is -0.772. The largest absolute Gasteiger partial charge is 0.491 e. The van der Waals surface area contributed by atoms with Gasteiger partial charge in [-0.3, -0.25) is 19.8 Å². The molecule has 8 heteroatoms. The first-order valence-electron chi connectivity index (χ1n) is 12.7. The Hall–Kier alpha value is -4.59. The number of hydrogen-bond donors (Lipinski definition) is 1. The molecule has 1 aliphatic heterocycles. The molecule has 8 nitrogen and oxygen atoms in total. The molecule has 1 saturated heterocycles. The minimum absolute atomic E-state index is 0.0699. The number of amides is 4. The first-order valence-corrected chi connectivity index (χ1v) is 12.7. The minimum Gasteiger partial charge on any atom is -0.491 e. The van der Waals surface area contributed by atoms with Crippen LogP contribution in [0, 0.1) is 0 Å². The van der Waals surface area contributed by atoms with Gasteiger partial charge in [0.25, 0.3) is 11.8 Å². The van der Waals surface area contributed by atoms with E-state index < -0.39 is 17.8 Å². The van der Waals surface area contributed by atoms with Gasteiger partial charge < -0.3 is 13.7 Å². The maximum atomic E-state index is 13.2. The lowest BCUT2D eigenvalue weighted by molar-refractivity contribution is -0.130. The van der Waals surface area contributed by atoms with E-state index in [1.54, 1.807) is 12.1 Å². The van der Waals surface area contributed by atoms with Gasteiger partial charge in [-0.25, -0.2) is 4.79 Å². The van der Waals surface area contributed by atoms with Crippen LogP contribution in [0.15, 0.2) is 83.1 Å². The maximum absolute atomic E-state index is 13.2. The second kappa shape index (κ2) is 10.8. The molecule has 0 radical (unpaired) electrons. The standard InChI is InChI=1S/C30H29N3O5/c1-3-20(2)23-10-5-7-13-27(23)38-16-14-32-18-21(24-11-4-6-12-26(24)32)17-25-28(34)31-30(36)33(29(25)35)19-22-9-8-15-37-22/h4-13,15,17-18,20H,3,14,16,19H2,1-2H3,(H,31,34,36)/b25-17+/t20-/m1/s1. The van der Waals surface area contributed by atoms with Crippen LogP contribution in [-0.2, 0) is 22.7 Å². The number of barbiturate groups is 1. The molecule has 2 aromatic carbocycles. The summed E-state index contributed by atoms with van der Waals surface area (Å²) in [5.41, 5.74) is 2.72. The fraction of sp³-hybridized carbons (Fsp3) is 0.233. The third kappa shape index (κ3) is 4.98. The zero-order valence-electron chi connectivity index (χ0n) is 21.3. The van der Waals surface area contributed by atoms with E-state index in [1.165, 1.54) is 17.9 Å². The van der Waals surface area contributed by atoms with Crippen LogP contribution in [0.5, 0.6) is 5.75 Å². The summed E-state index contributed by atoms with van der Waals surface area (Å²) in [5, 5.41) is 3.14. The van der Waals surface area contributed by atoms with Crippen LogP contribution >= 0.6 is 0 Å². The summed E-state index contributed by atoms with van der Waals surface area (Å²) in [7, 11) is 0. The molecule has 1 aliphatic rings. The normalized spacial score (nSPS) is 15.8. The number of aromatic nitrogens is 1. The zero-order valence-corrected chi connectivity index (χ0v) is 21.3. The number of fused-ring (bicyclic) bond motifs is 1. The Morgan fingerprint density at radius 1 is 1.03 bits per heavy atom. The number of carbonyl (C=O) groups is 3. The highest BCUT2D eigenvalue weighted by atomic mass is 16.5. The summed E-state index contributed by atoms with van der Waals surface area (Å²) >= 11 is 0. The molecule has 0 bridgehead atoms. The molecule has 0 spiro atoms. The topological polar surface area (TPSA) is 93.8 Å².